The van der Waals surface area contributed by atoms with Gasteiger partial charge in [0.05, 0.1) is 7.11 Å². The minimum Gasteiger partial charge on any atom is -0.497 e. The van der Waals surface area contributed by atoms with E-state index in [1.807, 2.05) is 0 Å². The van der Waals surface area contributed by atoms with E-state index in [1.54, 1.807) is 31.4 Å². The van der Waals surface area contributed by atoms with Crippen LogP contribution in [0, 0.1) is 5.41 Å². The molecule has 0 aliphatic carbocycles. The van der Waals surface area contributed by atoms with Crippen LogP contribution in [0.1, 0.15) is 56.8 Å². The van der Waals surface area contributed by atoms with Crippen molar-refractivity contribution in [3.8, 4) is 5.75 Å². The Morgan fingerprint density at radius 3 is 2.27 bits per heavy atom. The molecule has 22 heavy (non-hydrogen) atoms. The van der Waals surface area contributed by atoms with E-state index in [0.29, 0.717) is 17.9 Å². The number of carbonyl (C=O) groups excluding carboxylic acids is 2. The van der Waals surface area contributed by atoms with Crippen LogP contribution < -0.4 is 10.1 Å². The number of carbonyl (C=O) groups is 2. The van der Waals surface area contributed by atoms with Crippen LogP contribution in [0.15, 0.2) is 24.3 Å². The van der Waals surface area contributed by atoms with Crippen molar-refractivity contribution >= 4 is 11.7 Å². The number of benzene rings is 1. The summed E-state index contributed by atoms with van der Waals surface area (Å²) < 4.78 is 5.05. The number of ketones is 1. The average molecular weight is 305 g/mol. The number of ether oxygens (including phenoxy) is 1. The summed E-state index contributed by atoms with van der Waals surface area (Å²) in [7, 11) is 1.58. The average Bonchev–Trinajstić information content (AvgIpc) is 2.48. The molecule has 122 valence electrons. The minimum atomic E-state index is -0.0595. The van der Waals surface area contributed by atoms with Gasteiger partial charge in [-0.3, -0.25) is 9.59 Å². The number of methoxy groups -OCH3 is 1. The first-order valence-corrected chi connectivity index (χ1v) is 7.76. The largest absolute Gasteiger partial charge is 0.497 e. The quantitative estimate of drug-likeness (QED) is 0.590. The zero-order valence-electron chi connectivity index (χ0n) is 14.1. The first-order chi connectivity index (χ1) is 10.3. The summed E-state index contributed by atoms with van der Waals surface area (Å²) in [5.41, 5.74) is 0.899. The van der Waals surface area contributed by atoms with Gasteiger partial charge in [-0.05, 0) is 42.5 Å². The normalized spacial score (nSPS) is 11.1. The first-order valence-electron chi connectivity index (χ1n) is 7.76. The molecule has 0 bridgehead atoms. The predicted molar refractivity (Wildman–Crippen MR) is 88.3 cm³/mol. The van der Waals surface area contributed by atoms with Crippen molar-refractivity contribution in [3.05, 3.63) is 29.8 Å². The Morgan fingerprint density at radius 1 is 1.09 bits per heavy atom. The van der Waals surface area contributed by atoms with Crippen molar-refractivity contribution in [2.45, 2.75) is 46.5 Å². The maximum absolute atomic E-state index is 12.0. The summed E-state index contributed by atoms with van der Waals surface area (Å²) in [6.07, 6.45) is 2.50. The molecule has 1 aromatic rings. The van der Waals surface area contributed by atoms with Crippen LogP contribution in [0.3, 0.4) is 0 Å². The number of amides is 1. The molecule has 0 radical (unpaired) electrons. The highest BCUT2D eigenvalue weighted by Crippen LogP contribution is 2.19. The summed E-state index contributed by atoms with van der Waals surface area (Å²) in [6, 6.07) is 6.95. The van der Waals surface area contributed by atoms with Crippen LogP contribution in [-0.4, -0.2) is 25.3 Å². The van der Waals surface area contributed by atoms with Crippen molar-refractivity contribution in [2.24, 2.45) is 5.41 Å². The summed E-state index contributed by atoms with van der Waals surface area (Å²) in [5, 5.41) is 2.87. The second-order valence-electron chi connectivity index (χ2n) is 6.67. The third-order valence-electron chi connectivity index (χ3n) is 3.42. The highest BCUT2D eigenvalue weighted by atomic mass is 16.5. The van der Waals surface area contributed by atoms with E-state index in [1.165, 1.54) is 0 Å². The van der Waals surface area contributed by atoms with Gasteiger partial charge in [0.15, 0.2) is 5.78 Å². The molecule has 0 saturated carbocycles. The van der Waals surface area contributed by atoms with Gasteiger partial charge >= 0.3 is 0 Å². The van der Waals surface area contributed by atoms with E-state index in [2.05, 4.69) is 26.1 Å². The van der Waals surface area contributed by atoms with Gasteiger partial charge in [-0.15, -0.1) is 0 Å². The number of hydrogen-bond acceptors (Lipinski definition) is 3. The highest BCUT2D eigenvalue weighted by Gasteiger charge is 2.11. The van der Waals surface area contributed by atoms with Crippen molar-refractivity contribution in [3.63, 3.8) is 0 Å². The first kappa shape index (κ1) is 18.2. The summed E-state index contributed by atoms with van der Waals surface area (Å²) >= 11 is 0. The molecule has 1 aromatic carbocycles. The maximum atomic E-state index is 12.0. The second kappa shape index (κ2) is 8.57. The predicted octanol–water partition coefficient (Wildman–Crippen LogP) is 3.60. The lowest BCUT2D eigenvalue weighted by Crippen LogP contribution is -2.25. The van der Waals surface area contributed by atoms with E-state index in [9.17, 15) is 9.59 Å². The molecule has 0 saturated heterocycles. The van der Waals surface area contributed by atoms with Crippen molar-refractivity contribution in [2.75, 3.05) is 13.7 Å². The lowest BCUT2D eigenvalue weighted by molar-refractivity contribution is -0.121. The molecular weight excluding hydrogens is 278 g/mol. The van der Waals surface area contributed by atoms with E-state index in [4.69, 9.17) is 4.74 Å². The molecule has 0 heterocycles. The lowest BCUT2D eigenvalue weighted by Gasteiger charge is -2.17. The molecule has 1 amide bonds. The summed E-state index contributed by atoms with van der Waals surface area (Å²) in [5.74, 6) is 0.636. The van der Waals surface area contributed by atoms with Crippen LogP contribution in [0.25, 0.3) is 0 Å². The molecule has 0 atom stereocenters. The molecule has 0 aliphatic rings. The topological polar surface area (TPSA) is 55.4 Å². The van der Waals surface area contributed by atoms with Crippen molar-refractivity contribution in [1.29, 1.82) is 0 Å². The Bertz CT molecular complexity index is 486. The fourth-order valence-corrected chi connectivity index (χ4v) is 2.08. The number of hydrogen-bond donors (Lipinski definition) is 1. The zero-order chi connectivity index (χ0) is 16.6. The van der Waals surface area contributed by atoms with Crippen LogP contribution in [0.5, 0.6) is 5.75 Å². The molecule has 0 unspecified atom stereocenters. The monoisotopic (exact) mass is 305 g/mol. The van der Waals surface area contributed by atoms with Gasteiger partial charge in [-0.2, -0.15) is 0 Å². The molecule has 4 nitrogen and oxygen atoms in total. The highest BCUT2D eigenvalue weighted by molar-refractivity contribution is 5.98. The van der Waals surface area contributed by atoms with E-state index < -0.39 is 0 Å². The second-order valence-corrected chi connectivity index (χ2v) is 6.67. The van der Waals surface area contributed by atoms with Crippen molar-refractivity contribution in [1.82, 2.24) is 5.32 Å². The van der Waals surface area contributed by atoms with Gasteiger partial charge in [-0.1, -0.05) is 20.8 Å². The molecule has 4 heteroatoms. The Balaban J connectivity index is 2.26. The zero-order valence-corrected chi connectivity index (χ0v) is 14.1. The van der Waals surface area contributed by atoms with E-state index >= 15 is 0 Å². The Labute approximate surface area is 133 Å². The fraction of sp³-hybridized carbons (Fsp3) is 0.556. The molecule has 1 N–H and O–H groups in total. The number of nitrogens with one attached hydrogen (secondary N) is 1. The molecule has 1 rings (SSSR count). The maximum Gasteiger partial charge on any atom is 0.220 e. The van der Waals surface area contributed by atoms with E-state index in [-0.39, 0.29) is 29.9 Å². The third kappa shape index (κ3) is 7.25. The van der Waals surface area contributed by atoms with Gasteiger partial charge < -0.3 is 10.1 Å². The van der Waals surface area contributed by atoms with Gasteiger partial charge in [0.2, 0.25) is 5.91 Å². The Hall–Kier alpha value is -1.84. The molecule has 0 spiro atoms. The SMILES string of the molecule is COc1ccc(C(=O)CCC(=O)NCCCC(C)(C)C)cc1. The van der Waals surface area contributed by atoms with Gasteiger partial charge in [0, 0.05) is 24.9 Å². The molecule has 0 aromatic heterocycles. The van der Waals surface area contributed by atoms with Crippen LogP contribution in [0.4, 0.5) is 0 Å². The van der Waals surface area contributed by atoms with Crippen LogP contribution >= 0.6 is 0 Å². The Morgan fingerprint density at radius 2 is 1.73 bits per heavy atom. The van der Waals surface area contributed by atoms with E-state index in [0.717, 1.165) is 12.8 Å². The standard InChI is InChI=1S/C18H27NO3/c1-18(2,3)12-5-13-19-17(21)11-10-16(20)14-6-8-15(22-4)9-7-14/h6-9H,5,10-13H2,1-4H3,(H,19,21). The van der Waals surface area contributed by atoms with Gasteiger partial charge in [-0.25, -0.2) is 0 Å². The molecule has 0 fully saturated rings. The smallest absolute Gasteiger partial charge is 0.220 e. The molecule has 0 aliphatic heterocycles. The van der Waals surface area contributed by atoms with Crippen LogP contribution in [-0.2, 0) is 4.79 Å². The number of Topliss-reactive ketones (excluding diaryl/α,β-unsaturated/α-hetero) is 1. The third-order valence-corrected chi connectivity index (χ3v) is 3.42. The Kier molecular flexibility index (Phi) is 7.09. The lowest BCUT2D eigenvalue weighted by atomic mass is 9.91. The van der Waals surface area contributed by atoms with Gasteiger partial charge in [0.25, 0.3) is 0 Å². The molecular formula is C18H27NO3. The summed E-state index contributed by atoms with van der Waals surface area (Å²) in [4.78, 5) is 23.7. The van der Waals surface area contributed by atoms with Crippen LogP contribution in [0.2, 0.25) is 0 Å². The van der Waals surface area contributed by atoms with Crippen molar-refractivity contribution < 1.29 is 14.3 Å². The van der Waals surface area contributed by atoms with Gasteiger partial charge in [0.1, 0.15) is 5.75 Å². The number of rotatable bonds is 8. The fourth-order valence-electron chi connectivity index (χ4n) is 2.08. The summed E-state index contributed by atoms with van der Waals surface area (Å²) in [6.45, 7) is 7.22. The minimum absolute atomic E-state index is 0.0208.